The molecule has 14 heavy (non-hydrogen) atoms. The second-order valence-electron chi connectivity index (χ2n) is 4.66. The van der Waals surface area contributed by atoms with Gasteiger partial charge in [-0.05, 0) is 56.7 Å². The smallest absolute Gasteiger partial charge is 0.0901 e. The molecule has 2 rings (SSSR count). The maximum absolute atomic E-state index is 10.3. The molecular formula is C13H18O. The molecule has 1 nitrogen and oxygen atoms in total. The van der Waals surface area contributed by atoms with Crippen molar-refractivity contribution in [2.24, 2.45) is 0 Å². The molecule has 76 valence electrons. The Bertz CT molecular complexity index is 338. The van der Waals surface area contributed by atoms with Crippen LogP contribution in [0.5, 0.6) is 0 Å². The van der Waals surface area contributed by atoms with Gasteiger partial charge < -0.3 is 5.11 Å². The zero-order chi connectivity index (χ0) is 10.3. The number of aliphatic hydroxyl groups is 1. The Balaban J connectivity index is 2.52. The Morgan fingerprint density at radius 2 is 1.57 bits per heavy atom. The molecule has 0 atom stereocenters. The van der Waals surface area contributed by atoms with Gasteiger partial charge in [-0.15, -0.1) is 0 Å². The highest BCUT2D eigenvalue weighted by molar-refractivity contribution is 5.42. The first-order chi connectivity index (χ1) is 6.53. The van der Waals surface area contributed by atoms with Crippen molar-refractivity contribution in [1.29, 1.82) is 0 Å². The molecule has 1 heteroatoms. The van der Waals surface area contributed by atoms with Crippen LogP contribution < -0.4 is 0 Å². The number of benzene rings is 1. The van der Waals surface area contributed by atoms with Gasteiger partial charge in [0, 0.05) is 0 Å². The third-order valence-electron chi connectivity index (χ3n) is 3.32. The minimum atomic E-state index is -0.512. The Kier molecular flexibility index (Phi) is 2.15. The van der Waals surface area contributed by atoms with Gasteiger partial charge in [-0.3, -0.25) is 0 Å². The van der Waals surface area contributed by atoms with Crippen LogP contribution in [0.2, 0.25) is 0 Å². The molecule has 1 N–H and O–H groups in total. The van der Waals surface area contributed by atoms with Crippen molar-refractivity contribution >= 4 is 0 Å². The fraction of sp³-hybridized carbons (Fsp3) is 0.538. The maximum atomic E-state index is 10.3. The summed E-state index contributed by atoms with van der Waals surface area (Å²) in [7, 11) is 0. The van der Waals surface area contributed by atoms with E-state index in [0.29, 0.717) is 0 Å². The number of rotatable bonds is 1. The highest BCUT2D eigenvalue weighted by Crippen LogP contribution is 2.43. The molecule has 1 saturated carbocycles. The van der Waals surface area contributed by atoms with E-state index in [-0.39, 0.29) is 0 Å². The van der Waals surface area contributed by atoms with Gasteiger partial charge in [0.05, 0.1) is 5.60 Å². The van der Waals surface area contributed by atoms with Gasteiger partial charge in [0.25, 0.3) is 0 Å². The highest BCUT2D eigenvalue weighted by atomic mass is 16.3. The van der Waals surface area contributed by atoms with E-state index in [1.54, 1.807) is 0 Å². The lowest BCUT2D eigenvalue weighted by atomic mass is 9.72. The number of hydrogen-bond acceptors (Lipinski definition) is 1. The Morgan fingerprint density at radius 3 is 1.93 bits per heavy atom. The molecule has 1 aliphatic carbocycles. The van der Waals surface area contributed by atoms with Gasteiger partial charge in [0.15, 0.2) is 0 Å². The van der Waals surface area contributed by atoms with Crippen molar-refractivity contribution in [3.8, 4) is 0 Å². The van der Waals surface area contributed by atoms with E-state index >= 15 is 0 Å². The molecule has 0 amide bonds. The summed E-state index contributed by atoms with van der Waals surface area (Å²) in [5.74, 6) is 0. The predicted octanol–water partition coefficient (Wildman–Crippen LogP) is 2.98. The van der Waals surface area contributed by atoms with E-state index in [1.807, 2.05) is 0 Å². The van der Waals surface area contributed by atoms with Gasteiger partial charge >= 0.3 is 0 Å². The van der Waals surface area contributed by atoms with Crippen molar-refractivity contribution < 1.29 is 5.11 Å². The lowest BCUT2D eigenvalue weighted by Gasteiger charge is -2.39. The van der Waals surface area contributed by atoms with Crippen molar-refractivity contribution in [1.82, 2.24) is 0 Å². The van der Waals surface area contributed by atoms with Crippen molar-refractivity contribution in [2.75, 3.05) is 0 Å². The lowest BCUT2D eigenvalue weighted by molar-refractivity contribution is -0.0398. The summed E-state index contributed by atoms with van der Waals surface area (Å²) >= 11 is 0. The fourth-order valence-electron chi connectivity index (χ4n) is 2.68. The second-order valence-corrected chi connectivity index (χ2v) is 4.66. The molecule has 0 radical (unpaired) electrons. The molecular weight excluding hydrogens is 172 g/mol. The van der Waals surface area contributed by atoms with Crippen molar-refractivity contribution in [2.45, 2.75) is 45.6 Å². The quantitative estimate of drug-likeness (QED) is 0.721. The first kappa shape index (κ1) is 9.72. The molecule has 1 aliphatic rings. The van der Waals surface area contributed by atoms with Gasteiger partial charge in [0.2, 0.25) is 0 Å². The molecule has 0 unspecified atom stereocenters. The van der Waals surface area contributed by atoms with E-state index in [1.165, 1.54) is 22.3 Å². The monoisotopic (exact) mass is 190 g/mol. The lowest BCUT2D eigenvalue weighted by Crippen LogP contribution is -2.35. The predicted molar refractivity (Wildman–Crippen MR) is 58.4 cm³/mol. The van der Waals surface area contributed by atoms with Crippen LogP contribution in [0.4, 0.5) is 0 Å². The Hall–Kier alpha value is -0.820. The van der Waals surface area contributed by atoms with Crippen LogP contribution >= 0.6 is 0 Å². The van der Waals surface area contributed by atoms with E-state index in [0.717, 1.165) is 19.3 Å². The van der Waals surface area contributed by atoms with Crippen molar-refractivity contribution in [3.05, 3.63) is 34.4 Å². The molecule has 1 aromatic rings. The standard InChI is InChI=1S/C13H18O/c1-9-7-10(2)12(11(3)8-9)13(14)5-4-6-13/h7-8,14H,4-6H2,1-3H3. The largest absolute Gasteiger partial charge is 0.385 e. The van der Waals surface area contributed by atoms with Crippen LogP contribution in [0.25, 0.3) is 0 Å². The van der Waals surface area contributed by atoms with Crippen LogP contribution in [-0.4, -0.2) is 5.11 Å². The molecule has 0 heterocycles. The number of aryl methyl sites for hydroxylation is 3. The SMILES string of the molecule is Cc1cc(C)c(C2(O)CCC2)c(C)c1. The average molecular weight is 190 g/mol. The summed E-state index contributed by atoms with van der Waals surface area (Å²) in [6.45, 7) is 6.31. The van der Waals surface area contributed by atoms with E-state index in [2.05, 4.69) is 32.9 Å². The zero-order valence-electron chi connectivity index (χ0n) is 9.22. The van der Waals surface area contributed by atoms with Crippen LogP contribution in [-0.2, 0) is 5.60 Å². The van der Waals surface area contributed by atoms with Crippen LogP contribution in [0.15, 0.2) is 12.1 Å². The van der Waals surface area contributed by atoms with Crippen LogP contribution in [0, 0.1) is 20.8 Å². The fourth-order valence-corrected chi connectivity index (χ4v) is 2.68. The highest BCUT2D eigenvalue weighted by Gasteiger charge is 2.38. The normalized spacial score (nSPS) is 19.1. The molecule has 0 saturated heterocycles. The van der Waals surface area contributed by atoms with Crippen LogP contribution in [0.3, 0.4) is 0 Å². The molecule has 0 spiro atoms. The van der Waals surface area contributed by atoms with Gasteiger partial charge in [-0.1, -0.05) is 17.7 Å². The van der Waals surface area contributed by atoms with Crippen LogP contribution in [0.1, 0.15) is 41.5 Å². The number of hydrogen-bond donors (Lipinski definition) is 1. The van der Waals surface area contributed by atoms with E-state index in [4.69, 9.17) is 0 Å². The second kappa shape index (κ2) is 3.09. The van der Waals surface area contributed by atoms with E-state index < -0.39 is 5.60 Å². The Labute approximate surface area is 85.8 Å². The van der Waals surface area contributed by atoms with Gasteiger partial charge in [-0.2, -0.15) is 0 Å². The third-order valence-corrected chi connectivity index (χ3v) is 3.32. The molecule has 1 fully saturated rings. The molecule has 0 bridgehead atoms. The minimum absolute atomic E-state index is 0.512. The summed E-state index contributed by atoms with van der Waals surface area (Å²) in [5.41, 5.74) is 4.43. The summed E-state index contributed by atoms with van der Waals surface area (Å²) in [6.07, 6.45) is 3.01. The minimum Gasteiger partial charge on any atom is -0.385 e. The first-order valence-corrected chi connectivity index (χ1v) is 5.34. The van der Waals surface area contributed by atoms with E-state index in [9.17, 15) is 5.11 Å². The topological polar surface area (TPSA) is 20.2 Å². The molecule has 1 aromatic carbocycles. The summed E-state index contributed by atoms with van der Waals surface area (Å²) in [6, 6.07) is 4.33. The zero-order valence-corrected chi connectivity index (χ0v) is 9.22. The first-order valence-electron chi connectivity index (χ1n) is 5.34. The average Bonchev–Trinajstić information content (AvgIpc) is 1.99. The maximum Gasteiger partial charge on any atom is 0.0901 e. The molecule has 0 aromatic heterocycles. The van der Waals surface area contributed by atoms with Crippen molar-refractivity contribution in [3.63, 3.8) is 0 Å². The summed E-state index contributed by atoms with van der Waals surface area (Å²) in [5, 5.41) is 10.3. The Morgan fingerprint density at radius 1 is 1.07 bits per heavy atom. The van der Waals surface area contributed by atoms with Gasteiger partial charge in [-0.25, -0.2) is 0 Å². The third kappa shape index (κ3) is 1.36. The van der Waals surface area contributed by atoms with Gasteiger partial charge in [0.1, 0.15) is 0 Å². The summed E-state index contributed by atoms with van der Waals surface area (Å²) < 4.78 is 0. The summed E-state index contributed by atoms with van der Waals surface area (Å²) in [4.78, 5) is 0. The molecule has 0 aliphatic heterocycles.